The molecule has 5 heteroatoms. The molecule has 1 rings (SSSR count). The van der Waals surface area contributed by atoms with Crippen LogP contribution < -0.4 is 15.4 Å². The maximum Gasteiger partial charge on any atom is 0.233 e. The highest BCUT2D eigenvalue weighted by Gasteiger charge is 2.05. The Labute approximate surface area is 119 Å². The monoisotopic (exact) mass is 275 g/mol. The summed E-state index contributed by atoms with van der Waals surface area (Å²) >= 11 is 0. The van der Waals surface area contributed by atoms with Crippen LogP contribution in [0.4, 0.5) is 0 Å². The molecule has 0 radical (unpaired) electrons. The van der Waals surface area contributed by atoms with Gasteiger partial charge in [-0.25, -0.2) is 0 Å². The van der Waals surface area contributed by atoms with Gasteiger partial charge in [-0.2, -0.15) is 5.26 Å². The van der Waals surface area contributed by atoms with Crippen molar-refractivity contribution >= 4 is 5.91 Å². The van der Waals surface area contributed by atoms with E-state index in [1.54, 1.807) is 12.1 Å². The second kappa shape index (κ2) is 8.18. The Kier molecular flexibility index (Phi) is 6.54. The molecule has 0 fully saturated rings. The van der Waals surface area contributed by atoms with Crippen LogP contribution >= 0.6 is 0 Å². The number of benzene rings is 1. The Balaban J connectivity index is 2.43. The van der Waals surface area contributed by atoms with E-state index in [0.717, 1.165) is 5.56 Å². The molecule has 0 unspecified atom stereocenters. The number of methoxy groups -OCH3 is 1. The molecule has 0 aliphatic heterocycles. The highest BCUT2D eigenvalue weighted by atomic mass is 16.5. The first-order valence-corrected chi connectivity index (χ1v) is 6.61. The Morgan fingerprint density at radius 2 is 2.20 bits per heavy atom. The van der Waals surface area contributed by atoms with Crippen molar-refractivity contribution < 1.29 is 9.53 Å². The number of nitrogens with zero attached hydrogens (tertiary/aromatic N) is 1. The van der Waals surface area contributed by atoms with Crippen LogP contribution in [0.3, 0.4) is 0 Å². The van der Waals surface area contributed by atoms with Crippen molar-refractivity contribution in [2.75, 3.05) is 20.2 Å². The van der Waals surface area contributed by atoms with E-state index in [-0.39, 0.29) is 12.5 Å². The zero-order chi connectivity index (χ0) is 15.0. The predicted octanol–water partition coefficient (Wildman–Crippen LogP) is 1.43. The van der Waals surface area contributed by atoms with Crippen LogP contribution in [0, 0.1) is 17.2 Å². The summed E-state index contributed by atoms with van der Waals surface area (Å²) < 4.78 is 5.08. The standard InChI is InChI=1S/C15H21N3O2/c1-11(2)8-18-15(19)10-17-9-12-4-5-14(20-3)13(6-12)7-16/h4-6,11,17H,8-10H2,1-3H3,(H,18,19). The van der Waals surface area contributed by atoms with Crippen LogP contribution in [0.2, 0.25) is 0 Å². The number of rotatable bonds is 7. The molecule has 0 aliphatic rings. The summed E-state index contributed by atoms with van der Waals surface area (Å²) in [4.78, 5) is 11.5. The molecule has 20 heavy (non-hydrogen) atoms. The Bertz CT molecular complexity index is 492. The van der Waals surface area contributed by atoms with Gasteiger partial charge in [0.05, 0.1) is 19.2 Å². The van der Waals surface area contributed by atoms with E-state index in [9.17, 15) is 4.79 Å². The van der Waals surface area contributed by atoms with Crippen LogP contribution in [0.1, 0.15) is 25.0 Å². The van der Waals surface area contributed by atoms with E-state index < -0.39 is 0 Å². The maximum absolute atomic E-state index is 11.5. The largest absolute Gasteiger partial charge is 0.495 e. The van der Waals surface area contributed by atoms with Crippen LogP contribution in [0.15, 0.2) is 18.2 Å². The molecule has 0 heterocycles. The minimum Gasteiger partial charge on any atom is -0.495 e. The molecular formula is C15H21N3O2. The summed E-state index contributed by atoms with van der Waals surface area (Å²) in [7, 11) is 1.53. The second-order valence-electron chi connectivity index (χ2n) is 4.95. The fourth-order valence-electron chi connectivity index (χ4n) is 1.65. The first-order valence-electron chi connectivity index (χ1n) is 6.61. The third-order valence-corrected chi connectivity index (χ3v) is 2.71. The van der Waals surface area contributed by atoms with Crippen molar-refractivity contribution in [1.29, 1.82) is 5.26 Å². The zero-order valence-corrected chi connectivity index (χ0v) is 12.2. The van der Waals surface area contributed by atoms with Gasteiger partial charge in [0, 0.05) is 13.1 Å². The lowest BCUT2D eigenvalue weighted by Gasteiger charge is -2.09. The second-order valence-corrected chi connectivity index (χ2v) is 4.95. The van der Waals surface area contributed by atoms with Gasteiger partial charge in [0.2, 0.25) is 5.91 Å². The molecule has 0 atom stereocenters. The number of carbonyl (C=O) groups is 1. The van der Waals surface area contributed by atoms with Crippen LogP contribution in [0.25, 0.3) is 0 Å². The molecule has 0 saturated carbocycles. The molecule has 0 aliphatic carbocycles. The zero-order valence-electron chi connectivity index (χ0n) is 12.2. The quantitative estimate of drug-likeness (QED) is 0.789. The van der Waals surface area contributed by atoms with Crippen molar-refractivity contribution in [1.82, 2.24) is 10.6 Å². The van der Waals surface area contributed by atoms with Crippen molar-refractivity contribution in [3.05, 3.63) is 29.3 Å². The molecular weight excluding hydrogens is 254 g/mol. The molecule has 1 amide bonds. The average Bonchev–Trinajstić information content (AvgIpc) is 2.44. The molecule has 1 aromatic carbocycles. The average molecular weight is 275 g/mol. The van der Waals surface area contributed by atoms with E-state index >= 15 is 0 Å². The number of nitrogens with one attached hydrogen (secondary N) is 2. The van der Waals surface area contributed by atoms with Gasteiger partial charge in [0.1, 0.15) is 11.8 Å². The topological polar surface area (TPSA) is 74.2 Å². The number of nitriles is 1. The van der Waals surface area contributed by atoms with E-state index in [2.05, 4.69) is 30.6 Å². The van der Waals surface area contributed by atoms with Gasteiger partial charge in [-0.1, -0.05) is 19.9 Å². The molecule has 0 saturated heterocycles. The van der Waals surface area contributed by atoms with Gasteiger partial charge in [-0.3, -0.25) is 4.79 Å². The Morgan fingerprint density at radius 1 is 1.45 bits per heavy atom. The Hall–Kier alpha value is -2.06. The lowest BCUT2D eigenvalue weighted by Crippen LogP contribution is -2.35. The lowest BCUT2D eigenvalue weighted by molar-refractivity contribution is -0.120. The predicted molar refractivity (Wildman–Crippen MR) is 77.3 cm³/mol. The van der Waals surface area contributed by atoms with Crippen molar-refractivity contribution in [3.63, 3.8) is 0 Å². The fraction of sp³-hybridized carbons (Fsp3) is 0.467. The maximum atomic E-state index is 11.5. The van der Waals surface area contributed by atoms with Gasteiger partial charge in [0.15, 0.2) is 0 Å². The lowest BCUT2D eigenvalue weighted by atomic mass is 10.1. The minimum absolute atomic E-state index is 0.0206. The van der Waals surface area contributed by atoms with Gasteiger partial charge in [0.25, 0.3) is 0 Å². The molecule has 2 N–H and O–H groups in total. The van der Waals surface area contributed by atoms with Gasteiger partial charge in [-0.15, -0.1) is 0 Å². The molecule has 1 aromatic rings. The number of hydrogen-bond donors (Lipinski definition) is 2. The van der Waals surface area contributed by atoms with E-state index in [4.69, 9.17) is 10.00 Å². The van der Waals surface area contributed by atoms with Crippen molar-refractivity contribution in [3.8, 4) is 11.8 Å². The molecule has 0 bridgehead atoms. The Morgan fingerprint density at radius 3 is 2.80 bits per heavy atom. The summed E-state index contributed by atoms with van der Waals surface area (Å²) in [6.07, 6.45) is 0. The summed E-state index contributed by atoms with van der Waals surface area (Å²) in [5.74, 6) is 0.984. The summed E-state index contributed by atoms with van der Waals surface area (Å²) in [5.41, 5.74) is 1.44. The van der Waals surface area contributed by atoms with Crippen molar-refractivity contribution in [2.24, 2.45) is 5.92 Å². The number of hydrogen-bond acceptors (Lipinski definition) is 4. The molecule has 0 aromatic heterocycles. The first kappa shape index (κ1) is 16.0. The van der Waals surface area contributed by atoms with Gasteiger partial charge < -0.3 is 15.4 Å². The fourth-order valence-corrected chi connectivity index (χ4v) is 1.65. The summed E-state index contributed by atoms with van der Waals surface area (Å²) in [6, 6.07) is 7.48. The van der Waals surface area contributed by atoms with Crippen LogP contribution in [0.5, 0.6) is 5.75 Å². The third-order valence-electron chi connectivity index (χ3n) is 2.71. The molecule has 5 nitrogen and oxygen atoms in total. The normalized spacial score (nSPS) is 10.2. The van der Waals surface area contributed by atoms with E-state index in [1.807, 2.05) is 6.07 Å². The number of carbonyl (C=O) groups excluding carboxylic acids is 1. The van der Waals surface area contributed by atoms with E-state index in [1.165, 1.54) is 7.11 Å². The van der Waals surface area contributed by atoms with Crippen LogP contribution in [-0.4, -0.2) is 26.1 Å². The molecule has 108 valence electrons. The number of ether oxygens (including phenoxy) is 1. The smallest absolute Gasteiger partial charge is 0.233 e. The van der Waals surface area contributed by atoms with Crippen LogP contribution in [-0.2, 0) is 11.3 Å². The first-order chi connectivity index (χ1) is 9.56. The number of amides is 1. The minimum atomic E-state index is -0.0206. The van der Waals surface area contributed by atoms with Crippen molar-refractivity contribution in [2.45, 2.75) is 20.4 Å². The molecule has 0 spiro atoms. The SMILES string of the molecule is COc1ccc(CNCC(=O)NCC(C)C)cc1C#N. The third kappa shape index (κ3) is 5.29. The van der Waals surface area contributed by atoms with Gasteiger partial charge in [-0.05, 0) is 23.6 Å². The highest BCUT2D eigenvalue weighted by molar-refractivity contribution is 5.77. The van der Waals surface area contributed by atoms with Gasteiger partial charge >= 0.3 is 0 Å². The summed E-state index contributed by atoms with van der Waals surface area (Å²) in [5, 5.41) is 14.9. The van der Waals surface area contributed by atoms with E-state index in [0.29, 0.717) is 30.3 Å². The summed E-state index contributed by atoms with van der Waals surface area (Å²) in [6.45, 7) is 5.58. The highest BCUT2D eigenvalue weighted by Crippen LogP contribution is 2.18.